The number of likely N-dealkylation sites (N-methyl/N-ethyl adjacent to an activating group) is 1. The van der Waals surface area contributed by atoms with Crippen LogP contribution in [0.2, 0.25) is 0 Å². The van der Waals surface area contributed by atoms with Crippen LogP contribution in [0.25, 0.3) is 6.08 Å². The van der Waals surface area contributed by atoms with Gasteiger partial charge >= 0.3 is 0 Å². The first kappa shape index (κ1) is 19.2. The average Bonchev–Trinajstić information content (AvgIpc) is 2.93. The van der Waals surface area contributed by atoms with Crippen LogP contribution in [-0.2, 0) is 4.79 Å². The molecule has 1 amide bonds. The molecule has 0 aromatic heterocycles. The second-order valence-electron chi connectivity index (χ2n) is 6.35. The number of nitrogens with zero attached hydrogens (tertiary/aromatic N) is 2. The van der Waals surface area contributed by atoms with Crippen LogP contribution in [-0.4, -0.2) is 29.1 Å². The monoisotopic (exact) mass is 380 g/mol. The molecular formula is C22H24N2O2S. The Hall–Kier alpha value is -2.53. The van der Waals surface area contributed by atoms with Crippen molar-refractivity contribution in [1.82, 2.24) is 4.90 Å². The molecule has 0 bridgehead atoms. The Bertz CT molecular complexity index is 918. The molecule has 4 nitrogen and oxygen atoms in total. The van der Waals surface area contributed by atoms with Crippen molar-refractivity contribution in [2.45, 2.75) is 27.7 Å². The molecule has 0 aliphatic carbocycles. The van der Waals surface area contributed by atoms with Gasteiger partial charge in [0.25, 0.3) is 5.91 Å². The van der Waals surface area contributed by atoms with E-state index in [0.717, 1.165) is 33.3 Å². The third kappa shape index (κ3) is 4.42. The number of benzene rings is 2. The minimum atomic E-state index is -0.00614. The summed E-state index contributed by atoms with van der Waals surface area (Å²) in [6.07, 6.45) is 1.91. The molecule has 1 aliphatic rings. The van der Waals surface area contributed by atoms with Crippen LogP contribution in [0.4, 0.5) is 5.69 Å². The fraction of sp³-hybridized carbons (Fsp3) is 0.273. The van der Waals surface area contributed by atoms with Crippen molar-refractivity contribution < 1.29 is 9.53 Å². The van der Waals surface area contributed by atoms with E-state index in [1.807, 2.05) is 58.0 Å². The number of carbonyl (C=O) groups excluding carboxylic acids is 1. The molecule has 0 spiro atoms. The van der Waals surface area contributed by atoms with E-state index in [1.165, 1.54) is 11.8 Å². The van der Waals surface area contributed by atoms with Gasteiger partial charge in [-0.25, -0.2) is 4.99 Å². The van der Waals surface area contributed by atoms with E-state index in [0.29, 0.717) is 18.1 Å². The van der Waals surface area contributed by atoms with Crippen molar-refractivity contribution in [3.8, 4) is 5.75 Å². The lowest BCUT2D eigenvalue weighted by Crippen LogP contribution is -2.28. The van der Waals surface area contributed by atoms with Gasteiger partial charge in [0.05, 0.1) is 17.2 Å². The molecule has 0 radical (unpaired) electrons. The smallest absolute Gasteiger partial charge is 0.266 e. The fourth-order valence-electron chi connectivity index (χ4n) is 2.83. The van der Waals surface area contributed by atoms with E-state index >= 15 is 0 Å². The molecule has 2 aromatic rings. The first-order valence-electron chi connectivity index (χ1n) is 9.12. The average molecular weight is 381 g/mol. The predicted octanol–water partition coefficient (Wildman–Crippen LogP) is 5.33. The summed E-state index contributed by atoms with van der Waals surface area (Å²) >= 11 is 1.42. The lowest BCUT2D eigenvalue weighted by Gasteiger charge is -2.12. The molecule has 0 N–H and O–H groups in total. The van der Waals surface area contributed by atoms with E-state index in [4.69, 9.17) is 9.73 Å². The van der Waals surface area contributed by atoms with E-state index in [9.17, 15) is 4.79 Å². The number of amidine groups is 1. The Labute approximate surface area is 164 Å². The number of rotatable bonds is 5. The highest BCUT2D eigenvalue weighted by Crippen LogP contribution is 2.35. The van der Waals surface area contributed by atoms with Crippen molar-refractivity contribution >= 4 is 34.6 Å². The Morgan fingerprint density at radius 2 is 1.96 bits per heavy atom. The topological polar surface area (TPSA) is 41.9 Å². The quantitative estimate of drug-likeness (QED) is 0.659. The number of ether oxygens (including phenoxy) is 1. The predicted molar refractivity (Wildman–Crippen MR) is 114 cm³/mol. The zero-order chi connectivity index (χ0) is 19.4. The number of hydrogen-bond acceptors (Lipinski definition) is 4. The second-order valence-corrected chi connectivity index (χ2v) is 7.36. The largest absolute Gasteiger partial charge is 0.494 e. The Balaban J connectivity index is 1.94. The van der Waals surface area contributed by atoms with Crippen molar-refractivity contribution in [2.75, 3.05) is 13.2 Å². The van der Waals surface area contributed by atoms with Gasteiger partial charge in [-0.15, -0.1) is 0 Å². The molecule has 3 rings (SSSR count). The van der Waals surface area contributed by atoms with Crippen LogP contribution in [0.1, 0.15) is 30.5 Å². The fourth-order valence-corrected chi connectivity index (χ4v) is 3.88. The number of aliphatic imine (C=N–C) groups is 1. The van der Waals surface area contributed by atoms with Gasteiger partial charge < -0.3 is 4.74 Å². The molecular weight excluding hydrogens is 356 g/mol. The minimum absolute atomic E-state index is 0.00614. The minimum Gasteiger partial charge on any atom is -0.494 e. The highest BCUT2D eigenvalue weighted by atomic mass is 32.2. The Morgan fingerprint density at radius 3 is 2.70 bits per heavy atom. The van der Waals surface area contributed by atoms with Crippen molar-refractivity contribution in [2.24, 2.45) is 4.99 Å². The van der Waals surface area contributed by atoms with Gasteiger partial charge in [-0.05, 0) is 80.4 Å². The lowest BCUT2D eigenvalue weighted by atomic mass is 10.1. The molecule has 1 aliphatic heterocycles. The third-order valence-electron chi connectivity index (χ3n) is 4.25. The molecule has 2 aromatic carbocycles. The Morgan fingerprint density at radius 1 is 1.15 bits per heavy atom. The summed E-state index contributed by atoms with van der Waals surface area (Å²) in [5, 5.41) is 0.725. The van der Waals surface area contributed by atoms with Crippen LogP contribution >= 0.6 is 11.8 Å². The highest BCUT2D eigenvalue weighted by Gasteiger charge is 2.32. The van der Waals surface area contributed by atoms with E-state index < -0.39 is 0 Å². The zero-order valence-electron chi connectivity index (χ0n) is 16.2. The van der Waals surface area contributed by atoms with E-state index in [2.05, 4.69) is 18.2 Å². The lowest BCUT2D eigenvalue weighted by molar-refractivity contribution is -0.122. The summed E-state index contributed by atoms with van der Waals surface area (Å²) in [6.45, 7) is 9.21. The number of carbonyl (C=O) groups is 1. The van der Waals surface area contributed by atoms with E-state index in [1.54, 1.807) is 4.90 Å². The van der Waals surface area contributed by atoms with Crippen LogP contribution in [0.15, 0.2) is 52.4 Å². The van der Waals surface area contributed by atoms with Gasteiger partial charge in [0.2, 0.25) is 0 Å². The normalized spacial score (nSPS) is 17.2. The number of aryl methyl sites for hydroxylation is 2. The highest BCUT2D eigenvalue weighted by molar-refractivity contribution is 8.18. The van der Waals surface area contributed by atoms with Crippen molar-refractivity contribution in [1.29, 1.82) is 0 Å². The van der Waals surface area contributed by atoms with Crippen LogP contribution in [0.3, 0.4) is 0 Å². The molecule has 27 heavy (non-hydrogen) atoms. The standard InChI is InChI=1S/C22H24N2O2S/c1-5-24-21(25)20(14-17-8-7-9-18(13-17)26-6-2)27-22(24)23-19-12-15(3)10-11-16(19)4/h7-14H,5-6H2,1-4H3/b20-14+,23-22?. The van der Waals surface area contributed by atoms with E-state index in [-0.39, 0.29) is 5.91 Å². The van der Waals surface area contributed by atoms with Gasteiger partial charge in [-0.2, -0.15) is 0 Å². The maximum atomic E-state index is 12.8. The molecule has 1 saturated heterocycles. The van der Waals surface area contributed by atoms with Crippen molar-refractivity contribution in [3.63, 3.8) is 0 Å². The number of thioether (sulfide) groups is 1. The summed E-state index contributed by atoms with van der Waals surface area (Å²) in [5.41, 5.74) is 4.10. The number of hydrogen-bond donors (Lipinski definition) is 0. The van der Waals surface area contributed by atoms with Gasteiger partial charge in [-0.1, -0.05) is 24.3 Å². The van der Waals surface area contributed by atoms with Gasteiger partial charge in [0.1, 0.15) is 5.75 Å². The maximum absolute atomic E-state index is 12.8. The second kappa shape index (κ2) is 8.44. The number of amides is 1. The molecule has 0 atom stereocenters. The molecule has 0 saturated carbocycles. The summed E-state index contributed by atoms with van der Waals surface area (Å²) in [5.74, 6) is 0.798. The molecule has 1 heterocycles. The molecule has 1 fully saturated rings. The van der Waals surface area contributed by atoms with Crippen molar-refractivity contribution in [3.05, 3.63) is 64.1 Å². The van der Waals surface area contributed by atoms with Crippen LogP contribution in [0.5, 0.6) is 5.75 Å². The van der Waals surface area contributed by atoms with Gasteiger partial charge in [0.15, 0.2) is 5.17 Å². The van der Waals surface area contributed by atoms with Crippen LogP contribution < -0.4 is 4.74 Å². The summed E-state index contributed by atoms with van der Waals surface area (Å²) < 4.78 is 5.55. The summed E-state index contributed by atoms with van der Waals surface area (Å²) in [7, 11) is 0. The first-order chi connectivity index (χ1) is 13.0. The first-order valence-corrected chi connectivity index (χ1v) is 9.93. The maximum Gasteiger partial charge on any atom is 0.266 e. The zero-order valence-corrected chi connectivity index (χ0v) is 17.0. The SMILES string of the molecule is CCOc1cccc(/C=C2/SC(=Nc3cc(C)ccc3C)N(CC)C2=O)c1. The molecule has 5 heteroatoms. The molecule has 0 unspecified atom stereocenters. The summed E-state index contributed by atoms with van der Waals surface area (Å²) in [6, 6.07) is 13.9. The van der Waals surface area contributed by atoms with Gasteiger partial charge in [-0.3, -0.25) is 9.69 Å². The molecule has 140 valence electrons. The third-order valence-corrected chi connectivity index (χ3v) is 5.26. The Kier molecular flexibility index (Phi) is 6.01. The van der Waals surface area contributed by atoms with Gasteiger partial charge in [0, 0.05) is 6.54 Å². The van der Waals surface area contributed by atoms with Crippen LogP contribution in [0, 0.1) is 13.8 Å². The summed E-state index contributed by atoms with van der Waals surface area (Å²) in [4.78, 5) is 20.0.